The second-order valence-electron chi connectivity index (χ2n) is 6.27. The van der Waals surface area contributed by atoms with Crippen LogP contribution in [0.25, 0.3) is 0 Å². The smallest absolute Gasteiger partial charge is 0.260 e. The fourth-order valence-electron chi connectivity index (χ4n) is 3.07. The molecule has 27 heavy (non-hydrogen) atoms. The minimum absolute atomic E-state index is 0.112. The van der Waals surface area contributed by atoms with Crippen LogP contribution in [0.2, 0.25) is 0 Å². The normalized spacial score (nSPS) is 14.1. The number of nitrogens with one attached hydrogen (secondary N) is 1. The van der Waals surface area contributed by atoms with Crippen LogP contribution in [0.5, 0.6) is 0 Å². The number of ether oxygens (including phenoxy) is 1. The molecule has 0 unspecified atom stereocenters. The molecule has 1 N–H and O–H groups in total. The van der Waals surface area contributed by atoms with Gasteiger partial charge in [-0.05, 0) is 24.3 Å². The van der Waals surface area contributed by atoms with E-state index in [1.54, 1.807) is 23.5 Å². The third kappa shape index (κ3) is 3.98. The van der Waals surface area contributed by atoms with Gasteiger partial charge in [0.25, 0.3) is 5.91 Å². The van der Waals surface area contributed by atoms with Gasteiger partial charge in [-0.25, -0.2) is 9.97 Å². The van der Waals surface area contributed by atoms with E-state index in [2.05, 4.69) is 19.9 Å². The van der Waals surface area contributed by atoms with Crippen LogP contribution in [0.1, 0.15) is 16.2 Å². The zero-order chi connectivity index (χ0) is 18.5. The summed E-state index contributed by atoms with van der Waals surface area (Å²) in [4.78, 5) is 28.8. The van der Waals surface area contributed by atoms with Gasteiger partial charge in [0, 0.05) is 37.4 Å². The van der Waals surface area contributed by atoms with Crippen molar-refractivity contribution in [3.63, 3.8) is 0 Å². The molecule has 2 aromatic heterocycles. The highest BCUT2D eigenvalue weighted by atomic mass is 16.5. The van der Waals surface area contributed by atoms with Gasteiger partial charge < -0.3 is 19.5 Å². The Labute approximate surface area is 157 Å². The first kappa shape index (κ1) is 17.2. The molecule has 4 rings (SSSR count). The number of para-hydroxylation sites is 1. The second kappa shape index (κ2) is 8.01. The highest BCUT2D eigenvalue weighted by molar-refractivity contribution is 6.05. The summed E-state index contributed by atoms with van der Waals surface area (Å²) in [7, 11) is 0. The van der Waals surface area contributed by atoms with Crippen LogP contribution in [-0.2, 0) is 11.3 Å². The molecule has 138 valence electrons. The molecule has 3 heterocycles. The molecule has 0 saturated carbocycles. The van der Waals surface area contributed by atoms with Crippen molar-refractivity contribution in [1.29, 1.82) is 0 Å². The third-order valence-corrected chi connectivity index (χ3v) is 4.51. The van der Waals surface area contributed by atoms with E-state index in [9.17, 15) is 4.79 Å². The number of H-pyrrole nitrogens is 1. The number of anilines is 2. The van der Waals surface area contributed by atoms with Crippen molar-refractivity contribution in [3.05, 3.63) is 72.4 Å². The predicted molar refractivity (Wildman–Crippen MR) is 103 cm³/mol. The van der Waals surface area contributed by atoms with Gasteiger partial charge in [-0.15, -0.1) is 0 Å². The monoisotopic (exact) mass is 363 g/mol. The van der Waals surface area contributed by atoms with Crippen molar-refractivity contribution in [2.75, 3.05) is 36.1 Å². The molecule has 0 atom stereocenters. The van der Waals surface area contributed by atoms with Crippen LogP contribution < -0.4 is 9.80 Å². The Morgan fingerprint density at radius 3 is 2.59 bits per heavy atom. The first-order valence-corrected chi connectivity index (χ1v) is 8.95. The summed E-state index contributed by atoms with van der Waals surface area (Å²) in [6.07, 6.45) is 5.08. The lowest BCUT2D eigenvalue weighted by Gasteiger charge is -2.28. The first-order valence-electron chi connectivity index (χ1n) is 8.95. The summed E-state index contributed by atoms with van der Waals surface area (Å²) in [5, 5.41) is 0. The van der Waals surface area contributed by atoms with E-state index in [0.29, 0.717) is 25.3 Å². The second-order valence-corrected chi connectivity index (χ2v) is 6.27. The quantitative estimate of drug-likeness (QED) is 0.754. The molecule has 0 bridgehead atoms. The summed E-state index contributed by atoms with van der Waals surface area (Å²) in [5.41, 5.74) is 1.36. The lowest BCUT2D eigenvalue weighted by molar-refractivity contribution is 0.0984. The average Bonchev–Trinajstić information content (AvgIpc) is 3.26. The summed E-state index contributed by atoms with van der Waals surface area (Å²) in [6.45, 7) is 3.39. The van der Waals surface area contributed by atoms with Gasteiger partial charge >= 0.3 is 0 Å². The first-order chi connectivity index (χ1) is 13.3. The number of imidazole rings is 1. The topological polar surface area (TPSA) is 74.4 Å². The van der Waals surface area contributed by atoms with Crippen molar-refractivity contribution < 1.29 is 9.53 Å². The van der Waals surface area contributed by atoms with E-state index in [1.807, 2.05) is 42.5 Å². The largest absolute Gasteiger partial charge is 0.378 e. The van der Waals surface area contributed by atoms with Crippen molar-refractivity contribution in [2.45, 2.75) is 6.54 Å². The third-order valence-electron chi connectivity index (χ3n) is 4.51. The Morgan fingerprint density at radius 2 is 1.93 bits per heavy atom. The number of aromatic nitrogens is 3. The Morgan fingerprint density at radius 1 is 1.11 bits per heavy atom. The number of morpholine rings is 1. The summed E-state index contributed by atoms with van der Waals surface area (Å²) in [6, 6.07) is 13.3. The van der Waals surface area contributed by atoms with Gasteiger partial charge in [0.05, 0.1) is 25.3 Å². The molecule has 1 amide bonds. The average molecular weight is 363 g/mol. The fourth-order valence-corrected chi connectivity index (χ4v) is 3.07. The van der Waals surface area contributed by atoms with Crippen molar-refractivity contribution in [3.8, 4) is 0 Å². The van der Waals surface area contributed by atoms with Gasteiger partial charge in [0.15, 0.2) is 0 Å². The van der Waals surface area contributed by atoms with E-state index < -0.39 is 0 Å². The Hall–Kier alpha value is -3.19. The molecule has 1 aromatic carbocycles. The van der Waals surface area contributed by atoms with Gasteiger partial charge in [0.2, 0.25) is 0 Å². The lowest BCUT2D eigenvalue weighted by Crippen LogP contribution is -2.37. The number of carbonyl (C=O) groups is 1. The zero-order valence-corrected chi connectivity index (χ0v) is 14.9. The van der Waals surface area contributed by atoms with Crippen LogP contribution >= 0.6 is 0 Å². The van der Waals surface area contributed by atoms with Gasteiger partial charge in [0.1, 0.15) is 11.6 Å². The molecular formula is C20H21N5O2. The minimum Gasteiger partial charge on any atom is -0.378 e. The number of pyridine rings is 1. The molecule has 1 aliphatic rings. The van der Waals surface area contributed by atoms with E-state index >= 15 is 0 Å². The zero-order valence-electron chi connectivity index (χ0n) is 14.9. The Kier molecular flexibility index (Phi) is 5.11. The summed E-state index contributed by atoms with van der Waals surface area (Å²) in [5.74, 6) is 1.48. The van der Waals surface area contributed by atoms with Crippen LogP contribution in [0.15, 0.2) is 61.1 Å². The molecule has 1 aliphatic heterocycles. The number of aromatic amines is 1. The molecule has 3 aromatic rings. The number of amides is 1. The number of hydrogen-bond donors (Lipinski definition) is 1. The van der Waals surface area contributed by atoms with Crippen LogP contribution in [0.4, 0.5) is 11.5 Å². The number of carbonyl (C=O) groups excluding carboxylic acids is 1. The van der Waals surface area contributed by atoms with Gasteiger partial charge in [-0.2, -0.15) is 0 Å². The van der Waals surface area contributed by atoms with Gasteiger partial charge in [-0.3, -0.25) is 4.79 Å². The maximum atomic E-state index is 13.2. The van der Waals surface area contributed by atoms with Crippen molar-refractivity contribution >= 4 is 17.4 Å². The van der Waals surface area contributed by atoms with E-state index in [-0.39, 0.29) is 5.91 Å². The van der Waals surface area contributed by atoms with Crippen LogP contribution in [-0.4, -0.2) is 47.2 Å². The van der Waals surface area contributed by atoms with Crippen LogP contribution in [0, 0.1) is 0 Å². The van der Waals surface area contributed by atoms with Gasteiger partial charge in [-0.1, -0.05) is 18.2 Å². The number of hydrogen-bond acceptors (Lipinski definition) is 5. The number of nitrogens with zero attached hydrogens (tertiary/aromatic N) is 4. The van der Waals surface area contributed by atoms with E-state index in [4.69, 9.17) is 4.74 Å². The van der Waals surface area contributed by atoms with Crippen LogP contribution in [0.3, 0.4) is 0 Å². The lowest BCUT2D eigenvalue weighted by atomic mass is 10.2. The summed E-state index contributed by atoms with van der Waals surface area (Å²) < 4.78 is 5.37. The molecule has 0 aliphatic carbocycles. The molecule has 1 saturated heterocycles. The molecule has 7 nitrogen and oxygen atoms in total. The molecule has 7 heteroatoms. The standard InChI is InChI=1S/C20H21N5O2/c26-20(16-6-7-19(23-14-16)24-10-12-27-13-11-24)25(15-18-21-8-9-22-18)17-4-2-1-3-5-17/h1-9,14H,10-13,15H2,(H,21,22). The maximum Gasteiger partial charge on any atom is 0.260 e. The van der Waals surface area contributed by atoms with Crippen molar-refractivity contribution in [2.24, 2.45) is 0 Å². The molecule has 1 fully saturated rings. The van der Waals surface area contributed by atoms with E-state index in [0.717, 1.165) is 30.4 Å². The minimum atomic E-state index is -0.112. The fraction of sp³-hybridized carbons (Fsp3) is 0.250. The molecular weight excluding hydrogens is 342 g/mol. The number of rotatable bonds is 5. The molecule has 0 radical (unpaired) electrons. The SMILES string of the molecule is O=C(c1ccc(N2CCOCC2)nc1)N(Cc1ncc[nH]1)c1ccccc1. The number of benzene rings is 1. The predicted octanol–water partition coefficient (Wildman–Crippen LogP) is 2.49. The highest BCUT2D eigenvalue weighted by Gasteiger charge is 2.20. The molecule has 0 spiro atoms. The Balaban J connectivity index is 1.57. The van der Waals surface area contributed by atoms with Crippen molar-refractivity contribution in [1.82, 2.24) is 15.0 Å². The Bertz CT molecular complexity index is 859. The summed E-state index contributed by atoms with van der Waals surface area (Å²) >= 11 is 0. The maximum absolute atomic E-state index is 13.2. The highest BCUT2D eigenvalue weighted by Crippen LogP contribution is 2.20. The van der Waals surface area contributed by atoms with E-state index in [1.165, 1.54) is 0 Å².